The Morgan fingerprint density at radius 2 is 1.97 bits per heavy atom. The molecule has 0 aliphatic carbocycles. The van der Waals surface area contributed by atoms with Crippen LogP contribution in [0.3, 0.4) is 0 Å². The molecule has 1 aromatic carbocycles. The number of hydrogen-bond donors (Lipinski definition) is 2. The molecule has 0 fully saturated rings. The van der Waals surface area contributed by atoms with Gasteiger partial charge in [0.05, 0.1) is 19.2 Å². The average Bonchev–Trinajstić information content (AvgIpc) is 3.20. The quantitative estimate of drug-likeness (QED) is 0.378. The van der Waals surface area contributed by atoms with Gasteiger partial charge in [0.25, 0.3) is 5.91 Å². The number of halogens is 1. The summed E-state index contributed by atoms with van der Waals surface area (Å²) in [6.45, 7) is 1.88. The van der Waals surface area contributed by atoms with Crippen molar-refractivity contribution in [2.75, 3.05) is 12.4 Å². The Labute approximate surface area is 203 Å². The molecule has 11 heteroatoms. The molecule has 178 valence electrons. The largest absolute Gasteiger partial charge is 0.481 e. The summed E-state index contributed by atoms with van der Waals surface area (Å²) in [6.07, 6.45) is 1.31. The van der Waals surface area contributed by atoms with Crippen LogP contribution in [0, 0.1) is 12.7 Å². The summed E-state index contributed by atoms with van der Waals surface area (Å²) in [5.74, 6) is -1.62. The van der Waals surface area contributed by atoms with Crippen molar-refractivity contribution >= 4 is 28.3 Å². The van der Waals surface area contributed by atoms with Gasteiger partial charge in [-0.15, -0.1) is 11.3 Å². The Balaban J connectivity index is 1.44. The monoisotopic (exact) mass is 493 g/mol. The third-order valence-corrected chi connectivity index (χ3v) is 5.71. The number of carbonyl (C=O) groups is 2. The van der Waals surface area contributed by atoms with Gasteiger partial charge in [-0.2, -0.15) is 0 Å². The van der Waals surface area contributed by atoms with Crippen LogP contribution >= 0.6 is 11.3 Å². The Kier molecular flexibility index (Phi) is 6.97. The Bertz CT molecular complexity index is 1410. The molecule has 35 heavy (non-hydrogen) atoms. The van der Waals surface area contributed by atoms with Gasteiger partial charge in [-0.3, -0.25) is 9.59 Å². The smallest absolute Gasteiger partial charge is 0.254 e. The maximum absolute atomic E-state index is 14.6. The third kappa shape index (κ3) is 5.58. The van der Waals surface area contributed by atoms with E-state index in [1.807, 2.05) is 13.0 Å². The van der Waals surface area contributed by atoms with Gasteiger partial charge in [0, 0.05) is 17.1 Å². The van der Waals surface area contributed by atoms with E-state index in [0.29, 0.717) is 28.0 Å². The molecule has 0 saturated heterocycles. The van der Waals surface area contributed by atoms with Crippen molar-refractivity contribution in [2.24, 2.45) is 5.73 Å². The minimum Gasteiger partial charge on any atom is -0.481 e. The standard InChI is InChI=1S/C24H20FN5O4S/c1-13-21(17-6-3-7-20(28-17)33-2)30-24(35-13)29-19(31)12-14-8-9-18(16(25)11-14)34-23-15(22(26)32)5-4-10-27-23/h3-11H,12H2,1-2H3,(H2,26,32)(H,29,30,31). The lowest BCUT2D eigenvalue weighted by Crippen LogP contribution is -2.14. The van der Waals surface area contributed by atoms with Crippen LogP contribution in [-0.2, 0) is 11.2 Å². The lowest BCUT2D eigenvalue weighted by atomic mass is 10.1. The fourth-order valence-electron chi connectivity index (χ4n) is 3.20. The van der Waals surface area contributed by atoms with E-state index in [0.717, 1.165) is 4.88 Å². The summed E-state index contributed by atoms with van der Waals surface area (Å²) in [7, 11) is 1.53. The molecule has 0 spiro atoms. The van der Waals surface area contributed by atoms with Gasteiger partial charge >= 0.3 is 0 Å². The van der Waals surface area contributed by atoms with E-state index >= 15 is 0 Å². The highest BCUT2D eigenvalue weighted by atomic mass is 32.1. The lowest BCUT2D eigenvalue weighted by molar-refractivity contribution is -0.115. The summed E-state index contributed by atoms with van der Waals surface area (Å²) in [5.41, 5.74) is 7.01. The molecule has 3 heterocycles. The number of rotatable bonds is 8. The number of ether oxygens (including phenoxy) is 2. The number of aromatic nitrogens is 3. The van der Waals surface area contributed by atoms with Gasteiger partial charge in [-0.1, -0.05) is 12.1 Å². The number of anilines is 1. The van der Waals surface area contributed by atoms with Gasteiger partial charge < -0.3 is 20.5 Å². The second kappa shape index (κ2) is 10.3. The van der Waals surface area contributed by atoms with E-state index in [2.05, 4.69) is 20.3 Å². The molecule has 0 aliphatic rings. The average molecular weight is 494 g/mol. The number of thiazole rings is 1. The van der Waals surface area contributed by atoms with Crippen molar-refractivity contribution in [1.29, 1.82) is 0 Å². The van der Waals surface area contributed by atoms with Crippen LogP contribution in [0.25, 0.3) is 11.4 Å². The number of aryl methyl sites for hydroxylation is 1. The molecule has 2 amide bonds. The fourth-order valence-corrected chi connectivity index (χ4v) is 4.04. The maximum atomic E-state index is 14.6. The Hall–Kier alpha value is -4.38. The zero-order valence-electron chi connectivity index (χ0n) is 18.7. The Morgan fingerprint density at radius 1 is 1.14 bits per heavy atom. The number of nitrogens with two attached hydrogens (primary N) is 1. The van der Waals surface area contributed by atoms with Crippen LogP contribution in [0.15, 0.2) is 54.7 Å². The number of carbonyl (C=O) groups excluding carboxylic acids is 2. The number of benzene rings is 1. The van der Waals surface area contributed by atoms with Crippen molar-refractivity contribution in [2.45, 2.75) is 13.3 Å². The van der Waals surface area contributed by atoms with Gasteiger partial charge in [0.2, 0.25) is 17.7 Å². The van der Waals surface area contributed by atoms with E-state index < -0.39 is 11.7 Å². The normalized spacial score (nSPS) is 10.6. The van der Waals surface area contributed by atoms with E-state index in [9.17, 15) is 14.0 Å². The maximum Gasteiger partial charge on any atom is 0.254 e. The summed E-state index contributed by atoms with van der Waals surface area (Å²) < 4.78 is 25.2. The van der Waals surface area contributed by atoms with Gasteiger partial charge in [0.15, 0.2) is 16.7 Å². The van der Waals surface area contributed by atoms with Crippen molar-refractivity contribution < 1.29 is 23.5 Å². The SMILES string of the molecule is COc1cccc(-c2nc(NC(=O)Cc3ccc(Oc4ncccc4C(N)=O)c(F)c3)sc2C)n1. The molecule has 3 aromatic heterocycles. The molecule has 0 radical (unpaired) electrons. The number of nitrogens with zero attached hydrogens (tertiary/aromatic N) is 3. The highest BCUT2D eigenvalue weighted by molar-refractivity contribution is 7.16. The highest BCUT2D eigenvalue weighted by Gasteiger charge is 2.16. The van der Waals surface area contributed by atoms with E-state index in [-0.39, 0.29) is 29.5 Å². The first-order chi connectivity index (χ1) is 16.8. The highest BCUT2D eigenvalue weighted by Crippen LogP contribution is 2.30. The van der Waals surface area contributed by atoms with Crippen LogP contribution in [0.4, 0.5) is 9.52 Å². The molecule has 3 N–H and O–H groups in total. The van der Waals surface area contributed by atoms with Crippen LogP contribution in [0.1, 0.15) is 20.8 Å². The summed E-state index contributed by atoms with van der Waals surface area (Å²) in [5, 5.41) is 3.14. The molecule has 9 nitrogen and oxygen atoms in total. The topological polar surface area (TPSA) is 129 Å². The van der Waals surface area contributed by atoms with Crippen molar-refractivity contribution in [3.05, 3.63) is 76.5 Å². The number of methoxy groups -OCH3 is 1. The molecule has 0 bridgehead atoms. The number of primary amides is 1. The molecule has 0 unspecified atom stereocenters. The van der Waals surface area contributed by atoms with E-state index in [1.165, 1.54) is 48.9 Å². The molecule has 4 aromatic rings. The zero-order valence-corrected chi connectivity index (χ0v) is 19.6. The van der Waals surface area contributed by atoms with Gasteiger partial charge in [-0.25, -0.2) is 19.3 Å². The first-order valence-electron chi connectivity index (χ1n) is 10.3. The summed E-state index contributed by atoms with van der Waals surface area (Å²) >= 11 is 1.31. The first kappa shape index (κ1) is 23.8. The second-order valence-corrected chi connectivity index (χ2v) is 8.50. The van der Waals surface area contributed by atoms with Gasteiger partial charge in [-0.05, 0) is 42.8 Å². The number of hydrogen-bond acceptors (Lipinski definition) is 8. The van der Waals surface area contributed by atoms with Crippen LogP contribution in [0.5, 0.6) is 17.5 Å². The molecule has 4 rings (SSSR count). The summed E-state index contributed by atoms with van der Waals surface area (Å²) in [4.78, 5) is 37.7. The number of nitrogens with one attached hydrogen (secondary N) is 1. The van der Waals surface area contributed by atoms with Crippen molar-refractivity contribution in [3.63, 3.8) is 0 Å². The van der Waals surface area contributed by atoms with Gasteiger partial charge in [0.1, 0.15) is 11.3 Å². The van der Waals surface area contributed by atoms with E-state index in [4.69, 9.17) is 15.2 Å². The molecular weight excluding hydrogens is 473 g/mol. The molecule has 0 aliphatic heterocycles. The zero-order chi connectivity index (χ0) is 24.9. The van der Waals surface area contributed by atoms with Crippen LogP contribution in [-0.4, -0.2) is 33.9 Å². The predicted octanol–water partition coefficient (Wildman–Crippen LogP) is 4.13. The Morgan fingerprint density at radius 3 is 2.71 bits per heavy atom. The molecule has 0 atom stereocenters. The second-order valence-electron chi connectivity index (χ2n) is 7.30. The predicted molar refractivity (Wildman–Crippen MR) is 128 cm³/mol. The third-order valence-electron chi connectivity index (χ3n) is 4.82. The van der Waals surface area contributed by atoms with E-state index in [1.54, 1.807) is 18.2 Å². The minimum atomic E-state index is -0.746. The van der Waals surface area contributed by atoms with Crippen molar-refractivity contribution in [1.82, 2.24) is 15.0 Å². The first-order valence-corrected chi connectivity index (χ1v) is 11.2. The van der Waals surface area contributed by atoms with Crippen molar-refractivity contribution in [3.8, 4) is 28.9 Å². The van der Waals surface area contributed by atoms with Crippen LogP contribution in [0.2, 0.25) is 0 Å². The molecule has 0 saturated carbocycles. The molecular formula is C24H20FN5O4S. The van der Waals surface area contributed by atoms with Crippen LogP contribution < -0.4 is 20.5 Å². The number of pyridine rings is 2. The fraction of sp³-hybridized carbons (Fsp3) is 0.125. The lowest BCUT2D eigenvalue weighted by Gasteiger charge is -2.09. The summed E-state index contributed by atoms with van der Waals surface area (Å²) in [6, 6.07) is 12.4. The minimum absolute atomic E-state index is 0.0256. The number of amides is 2.